The van der Waals surface area contributed by atoms with Crippen LogP contribution in [0.15, 0.2) is 6.20 Å². The second-order valence-electron chi connectivity index (χ2n) is 2.89. The number of hydrogen-bond donors (Lipinski definition) is 0. The van der Waals surface area contributed by atoms with Crippen molar-refractivity contribution >= 4 is 22.6 Å². The molecule has 0 saturated heterocycles. The van der Waals surface area contributed by atoms with Crippen molar-refractivity contribution in [2.75, 3.05) is 6.61 Å². The summed E-state index contributed by atoms with van der Waals surface area (Å²) in [6.07, 6.45) is -2.51. The summed E-state index contributed by atoms with van der Waals surface area (Å²) in [6.45, 7) is 1.26. The maximum atomic E-state index is 11.8. The van der Waals surface area contributed by atoms with E-state index in [1.807, 2.05) is 29.5 Å². The average molecular weight is 334 g/mol. The van der Waals surface area contributed by atoms with Gasteiger partial charge in [-0.15, -0.1) is 0 Å². The number of rotatable bonds is 4. The Morgan fingerprint density at radius 1 is 1.53 bits per heavy atom. The number of alkyl halides is 3. The van der Waals surface area contributed by atoms with Gasteiger partial charge in [-0.2, -0.15) is 18.3 Å². The van der Waals surface area contributed by atoms with E-state index in [1.54, 1.807) is 10.9 Å². The molecule has 0 unspecified atom stereocenters. The Kier molecular flexibility index (Phi) is 4.38. The largest absolute Gasteiger partial charge is 0.411 e. The zero-order valence-electron chi connectivity index (χ0n) is 8.01. The molecule has 0 radical (unpaired) electrons. The van der Waals surface area contributed by atoms with Crippen molar-refractivity contribution in [2.45, 2.75) is 26.3 Å². The van der Waals surface area contributed by atoms with Gasteiger partial charge in [-0.05, 0) is 29.5 Å². The van der Waals surface area contributed by atoms with Gasteiger partial charge < -0.3 is 4.74 Å². The van der Waals surface area contributed by atoms with E-state index < -0.39 is 12.8 Å². The Morgan fingerprint density at radius 2 is 2.20 bits per heavy atom. The summed E-state index contributed by atoms with van der Waals surface area (Å²) in [5.41, 5.74) is 0.543. The van der Waals surface area contributed by atoms with Gasteiger partial charge in [-0.3, -0.25) is 4.68 Å². The van der Waals surface area contributed by atoms with E-state index in [2.05, 4.69) is 9.84 Å². The van der Waals surface area contributed by atoms with E-state index in [-0.39, 0.29) is 6.61 Å². The molecule has 0 aromatic carbocycles. The Balaban J connectivity index is 2.47. The molecule has 0 aliphatic rings. The van der Waals surface area contributed by atoms with Gasteiger partial charge in [0, 0.05) is 12.7 Å². The smallest absolute Gasteiger partial charge is 0.366 e. The SMILES string of the molecule is CCn1cc(I)c(COCC(F)(F)F)n1. The third-order valence-electron chi connectivity index (χ3n) is 1.62. The van der Waals surface area contributed by atoms with Crippen molar-refractivity contribution in [1.29, 1.82) is 0 Å². The highest BCUT2D eigenvalue weighted by atomic mass is 127. The lowest BCUT2D eigenvalue weighted by Gasteiger charge is -2.05. The molecule has 0 amide bonds. The van der Waals surface area contributed by atoms with Crippen LogP contribution in [-0.4, -0.2) is 22.6 Å². The van der Waals surface area contributed by atoms with E-state index in [1.165, 1.54) is 0 Å². The Labute approximate surface area is 98.7 Å². The maximum absolute atomic E-state index is 11.8. The zero-order valence-corrected chi connectivity index (χ0v) is 10.2. The van der Waals surface area contributed by atoms with Crippen molar-refractivity contribution in [2.24, 2.45) is 0 Å². The number of nitrogens with zero attached hydrogens (tertiary/aromatic N) is 2. The van der Waals surface area contributed by atoms with Crippen LogP contribution in [0.2, 0.25) is 0 Å². The van der Waals surface area contributed by atoms with Gasteiger partial charge in [0.15, 0.2) is 0 Å². The highest BCUT2D eigenvalue weighted by Crippen LogP contribution is 2.17. The number of aryl methyl sites for hydroxylation is 1. The molecule has 15 heavy (non-hydrogen) atoms. The molecule has 0 aliphatic carbocycles. The van der Waals surface area contributed by atoms with Crippen LogP contribution in [0.25, 0.3) is 0 Å². The first kappa shape index (κ1) is 12.8. The summed E-state index contributed by atoms with van der Waals surface area (Å²) >= 11 is 2.02. The quantitative estimate of drug-likeness (QED) is 0.792. The second-order valence-corrected chi connectivity index (χ2v) is 4.05. The van der Waals surface area contributed by atoms with Gasteiger partial charge in [0.1, 0.15) is 12.3 Å². The number of ether oxygens (including phenoxy) is 1. The molecule has 7 heteroatoms. The molecule has 3 nitrogen and oxygen atoms in total. The summed E-state index contributed by atoms with van der Waals surface area (Å²) < 4.78 is 42.3. The molecular weight excluding hydrogens is 324 g/mol. The van der Waals surface area contributed by atoms with Gasteiger partial charge >= 0.3 is 6.18 Å². The van der Waals surface area contributed by atoms with E-state index in [0.29, 0.717) is 12.2 Å². The first-order valence-electron chi connectivity index (χ1n) is 4.28. The summed E-state index contributed by atoms with van der Waals surface area (Å²) in [6, 6.07) is 0. The lowest BCUT2D eigenvalue weighted by molar-refractivity contribution is -0.176. The maximum Gasteiger partial charge on any atom is 0.411 e. The first-order chi connectivity index (χ1) is 6.92. The molecule has 86 valence electrons. The molecule has 0 saturated carbocycles. The van der Waals surface area contributed by atoms with Crippen LogP contribution in [0.4, 0.5) is 13.2 Å². The molecule has 0 N–H and O–H groups in total. The van der Waals surface area contributed by atoms with E-state index >= 15 is 0 Å². The monoisotopic (exact) mass is 334 g/mol. The molecule has 1 heterocycles. The van der Waals surface area contributed by atoms with Gasteiger partial charge in [0.25, 0.3) is 0 Å². The summed E-state index contributed by atoms with van der Waals surface area (Å²) in [5.74, 6) is 0. The fourth-order valence-electron chi connectivity index (χ4n) is 0.960. The van der Waals surface area contributed by atoms with Crippen molar-refractivity contribution in [1.82, 2.24) is 9.78 Å². The van der Waals surface area contributed by atoms with Gasteiger partial charge in [0.05, 0.1) is 10.2 Å². The average Bonchev–Trinajstić information content (AvgIpc) is 2.45. The first-order valence-corrected chi connectivity index (χ1v) is 5.36. The predicted molar refractivity (Wildman–Crippen MR) is 56.3 cm³/mol. The van der Waals surface area contributed by atoms with Crippen LogP contribution in [-0.2, 0) is 17.9 Å². The summed E-state index contributed by atoms with van der Waals surface area (Å²) in [4.78, 5) is 0. The predicted octanol–water partition coefficient (Wildman–Crippen LogP) is 2.59. The Hall–Kier alpha value is -0.310. The fraction of sp³-hybridized carbons (Fsp3) is 0.625. The number of aromatic nitrogens is 2. The third kappa shape index (κ3) is 4.37. The minimum absolute atomic E-state index is 0.106. The minimum atomic E-state index is -4.28. The number of halogens is 4. The molecule has 0 aliphatic heterocycles. The van der Waals surface area contributed by atoms with E-state index in [0.717, 1.165) is 3.57 Å². The molecule has 0 fully saturated rings. The molecule has 0 bridgehead atoms. The van der Waals surface area contributed by atoms with Crippen LogP contribution >= 0.6 is 22.6 Å². The Bertz CT molecular complexity index is 324. The van der Waals surface area contributed by atoms with Crippen LogP contribution < -0.4 is 0 Å². The van der Waals surface area contributed by atoms with E-state index in [9.17, 15) is 13.2 Å². The van der Waals surface area contributed by atoms with Crippen LogP contribution in [0.1, 0.15) is 12.6 Å². The molecular formula is C8H10F3IN2O. The van der Waals surface area contributed by atoms with Crippen molar-refractivity contribution in [3.05, 3.63) is 15.5 Å². The summed E-state index contributed by atoms with van der Waals surface area (Å²) in [7, 11) is 0. The van der Waals surface area contributed by atoms with Gasteiger partial charge in [-0.1, -0.05) is 0 Å². The van der Waals surface area contributed by atoms with Gasteiger partial charge in [-0.25, -0.2) is 0 Å². The van der Waals surface area contributed by atoms with Crippen molar-refractivity contribution in [3.63, 3.8) is 0 Å². The van der Waals surface area contributed by atoms with Crippen molar-refractivity contribution in [3.8, 4) is 0 Å². The second kappa shape index (κ2) is 5.15. The summed E-state index contributed by atoms with van der Waals surface area (Å²) in [5, 5.41) is 4.06. The minimum Gasteiger partial charge on any atom is -0.366 e. The Morgan fingerprint density at radius 3 is 2.67 bits per heavy atom. The molecule has 1 rings (SSSR count). The molecule has 1 aromatic heterocycles. The number of hydrogen-bond acceptors (Lipinski definition) is 2. The lowest BCUT2D eigenvalue weighted by Crippen LogP contribution is -2.17. The fourth-order valence-corrected chi connectivity index (χ4v) is 1.55. The highest BCUT2D eigenvalue weighted by Gasteiger charge is 2.27. The van der Waals surface area contributed by atoms with Crippen LogP contribution in [0.5, 0.6) is 0 Å². The van der Waals surface area contributed by atoms with E-state index in [4.69, 9.17) is 0 Å². The lowest BCUT2D eigenvalue weighted by atomic mass is 10.5. The normalized spacial score (nSPS) is 12.1. The zero-order chi connectivity index (χ0) is 11.5. The highest BCUT2D eigenvalue weighted by molar-refractivity contribution is 14.1. The van der Waals surface area contributed by atoms with Crippen LogP contribution in [0, 0.1) is 3.57 Å². The molecule has 0 atom stereocenters. The van der Waals surface area contributed by atoms with Crippen molar-refractivity contribution < 1.29 is 17.9 Å². The van der Waals surface area contributed by atoms with Crippen LogP contribution in [0.3, 0.4) is 0 Å². The molecule has 1 aromatic rings. The third-order valence-corrected chi connectivity index (χ3v) is 2.52. The standard InChI is InChI=1S/C8H10F3IN2O/c1-2-14-3-6(12)7(13-14)4-15-5-8(9,10)11/h3H,2,4-5H2,1H3. The topological polar surface area (TPSA) is 27.1 Å². The molecule has 0 spiro atoms. The van der Waals surface area contributed by atoms with Gasteiger partial charge in [0.2, 0.25) is 0 Å².